The molecule has 0 aliphatic heterocycles. The highest BCUT2D eigenvalue weighted by Gasteiger charge is 2.09. The van der Waals surface area contributed by atoms with E-state index in [-0.39, 0.29) is 6.04 Å². The Bertz CT molecular complexity index is 728. The number of halogens is 1. The SMILES string of the molecule is CC(Nc1cnccc1Cl)c1cccc(-n2cnnn2)c1. The molecule has 6 nitrogen and oxygen atoms in total. The normalized spacial score (nSPS) is 12.1. The molecule has 3 aromatic rings. The maximum atomic E-state index is 6.14. The second kappa shape index (κ2) is 5.88. The predicted molar refractivity (Wildman–Crippen MR) is 80.4 cm³/mol. The Balaban J connectivity index is 1.84. The van der Waals surface area contributed by atoms with Crippen molar-refractivity contribution in [2.45, 2.75) is 13.0 Å². The van der Waals surface area contributed by atoms with E-state index in [2.05, 4.69) is 32.7 Å². The molecule has 0 saturated heterocycles. The minimum absolute atomic E-state index is 0.0723. The van der Waals surface area contributed by atoms with Crippen molar-refractivity contribution in [3.63, 3.8) is 0 Å². The zero-order chi connectivity index (χ0) is 14.7. The van der Waals surface area contributed by atoms with Gasteiger partial charge in [0, 0.05) is 12.2 Å². The summed E-state index contributed by atoms with van der Waals surface area (Å²) in [6.07, 6.45) is 4.94. The van der Waals surface area contributed by atoms with Gasteiger partial charge in [-0.15, -0.1) is 5.10 Å². The van der Waals surface area contributed by atoms with Crippen LogP contribution in [-0.2, 0) is 0 Å². The molecule has 0 saturated carbocycles. The van der Waals surface area contributed by atoms with E-state index in [4.69, 9.17) is 11.6 Å². The van der Waals surface area contributed by atoms with Crippen LogP contribution in [0, 0.1) is 0 Å². The summed E-state index contributed by atoms with van der Waals surface area (Å²) in [6.45, 7) is 2.06. The van der Waals surface area contributed by atoms with Gasteiger partial charge in [0.2, 0.25) is 0 Å². The molecule has 1 N–H and O–H groups in total. The number of nitrogens with zero attached hydrogens (tertiary/aromatic N) is 5. The van der Waals surface area contributed by atoms with Gasteiger partial charge in [0.25, 0.3) is 0 Å². The van der Waals surface area contributed by atoms with Crippen LogP contribution in [0.15, 0.2) is 49.1 Å². The minimum Gasteiger partial charge on any atom is -0.376 e. The molecule has 1 unspecified atom stereocenters. The van der Waals surface area contributed by atoms with E-state index >= 15 is 0 Å². The molecule has 0 radical (unpaired) electrons. The second-order valence-electron chi connectivity index (χ2n) is 4.57. The summed E-state index contributed by atoms with van der Waals surface area (Å²) in [4.78, 5) is 4.07. The number of rotatable bonds is 4. The molecular formula is C14H13ClN6. The predicted octanol–water partition coefficient (Wildman–Crippen LogP) is 2.88. The molecule has 21 heavy (non-hydrogen) atoms. The molecule has 2 heterocycles. The molecule has 0 fully saturated rings. The van der Waals surface area contributed by atoms with Crippen LogP contribution in [0.5, 0.6) is 0 Å². The minimum atomic E-state index is 0.0723. The third-order valence-corrected chi connectivity index (χ3v) is 3.45. The topological polar surface area (TPSA) is 68.5 Å². The van der Waals surface area contributed by atoms with Gasteiger partial charge in [-0.25, -0.2) is 4.68 Å². The first-order valence-corrected chi connectivity index (χ1v) is 6.81. The van der Waals surface area contributed by atoms with Crippen LogP contribution < -0.4 is 5.32 Å². The largest absolute Gasteiger partial charge is 0.376 e. The highest BCUT2D eigenvalue weighted by atomic mass is 35.5. The third-order valence-electron chi connectivity index (χ3n) is 3.12. The second-order valence-corrected chi connectivity index (χ2v) is 4.98. The lowest BCUT2D eigenvalue weighted by Crippen LogP contribution is -2.08. The molecule has 0 amide bonds. The Morgan fingerprint density at radius 1 is 1.29 bits per heavy atom. The van der Waals surface area contributed by atoms with Crippen molar-refractivity contribution in [1.29, 1.82) is 0 Å². The number of aromatic nitrogens is 5. The van der Waals surface area contributed by atoms with E-state index in [1.54, 1.807) is 29.5 Å². The molecule has 0 aliphatic carbocycles. The van der Waals surface area contributed by atoms with Crippen molar-refractivity contribution in [1.82, 2.24) is 25.2 Å². The monoisotopic (exact) mass is 300 g/mol. The van der Waals surface area contributed by atoms with Crippen LogP contribution in [0.25, 0.3) is 5.69 Å². The van der Waals surface area contributed by atoms with Crippen molar-refractivity contribution in [3.05, 3.63) is 59.6 Å². The van der Waals surface area contributed by atoms with Crippen LogP contribution in [-0.4, -0.2) is 25.2 Å². The summed E-state index contributed by atoms with van der Waals surface area (Å²) >= 11 is 6.14. The van der Waals surface area contributed by atoms with Crippen LogP contribution in [0.4, 0.5) is 5.69 Å². The van der Waals surface area contributed by atoms with Crippen LogP contribution >= 0.6 is 11.6 Å². The summed E-state index contributed by atoms with van der Waals surface area (Å²) < 4.78 is 1.62. The van der Waals surface area contributed by atoms with Gasteiger partial charge in [-0.2, -0.15) is 0 Å². The molecular weight excluding hydrogens is 288 g/mol. The molecule has 2 aromatic heterocycles. The van der Waals surface area contributed by atoms with Crippen molar-refractivity contribution < 1.29 is 0 Å². The summed E-state index contributed by atoms with van der Waals surface area (Å²) in [6, 6.07) is 9.81. The number of benzene rings is 1. The maximum Gasteiger partial charge on any atom is 0.143 e. The van der Waals surface area contributed by atoms with Crippen molar-refractivity contribution >= 4 is 17.3 Å². The highest BCUT2D eigenvalue weighted by molar-refractivity contribution is 6.33. The van der Waals surface area contributed by atoms with Crippen molar-refractivity contribution in [3.8, 4) is 5.69 Å². The number of pyridine rings is 1. The highest BCUT2D eigenvalue weighted by Crippen LogP contribution is 2.25. The summed E-state index contributed by atoms with van der Waals surface area (Å²) in [7, 11) is 0. The lowest BCUT2D eigenvalue weighted by atomic mass is 10.1. The average molecular weight is 301 g/mol. The molecule has 3 rings (SSSR count). The van der Waals surface area contributed by atoms with Gasteiger partial charge in [-0.05, 0) is 41.1 Å². The molecule has 0 spiro atoms. The standard InChI is InChI=1S/C14H13ClN6/c1-10(18-14-8-16-6-5-13(14)15)11-3-2-4-12(7-11)21-9-17-19-20-21/h2-10,18H,1H3. The number of nitrogens with one attached hydrogen (secondary N) is 1. The third kappa shape index (κ3) is 3.00. The van der Waals surface area contributed by atoms with E-state index in [0.717, 1.165) is 16.9 Å². The molecule has 1 atom stereocenters. The number of hydrogen-bond donors (Lipinski definition) is 1. The Hall–Kier alpha value is -2.47. The van der Waals surface area contributed by atoms with E-state index < -0.39 is 0 Å². The van der Waals surface area contributed by atoms with E-state index in [1.165, 1.54) is 0 Å². The quantitative estimate of drug-likeness (QED) is 0.802. The van der Waals surface area contributed by atoms with Crippen molar-refractivity contribution in [2.24, 2.45) is 0 Å². The maximum absolute atomic E-state index is 6.14. The Kier molecular flexibility index (Phi) is 3.79. The van der Waals surface area contributed by atoms with Gasteiger partial charge in [0.05, 0.1) is 22.6 Å². The van der Waals surface area contributed by atoms with E-state index in [0.29, 0.717) is 5.02 Å². The summed E-state index contributed by atoms with van der Waals surface area (Å²) in [5, 5.41) is 15.2. The lowest BCUT2D eigenvalue weighted by Gasteiger charge is -2.17. The van der Waals surface area contributed by atoms with Gasteiger partial charge < -0.3 is 5.32 Å². The number of tetrazole rings is 1. The molecule has 1 aromatic carbocycles. The number of anilines is 1. The van der Waals surface area contributed by atoms with Crippen LogP contribution in [0.2, 0.25) is 5.02 Å². The lowest BCUT2D eigenvalue weighted by molar-refractivity contribution is 0.785. The Morgan fingerprint density at radius 3 is 2.95 bits per heavy atom. The van der Waals surface area contributed by atoms with Crippen molar-refractivity contribution in [2.75, 3.05) is 5.32 Å². The van der Waals surface area contributed by atoms with Gasteiger partial charge in [0.1, 0.15) is 6.33 Å². The fourth-order valence-electron chi connectivity index (χ4n) is 2.02. The first-order chi connectivity index (χ1) is 10.2. The van der Waals surface area contributed by atoms with Gasteiger partial charge in [0.15, 0.2) is 0 Å². The fraction of sp³-hybridized carbons (Fsp3) is 0.143. The first-order valence-electron chi connectivity index (χ1n) is 6.43. The fourth-order valence-corrected chi connectivity index (χ4v) is 2.18. The van der Waals surface area contributed by atoms with E-state index in [1.807, 2.05) is 24.3 Å². The van der Waals surface area contributed by atoms with E-state index in [9.17, 15) is 0 Å². The Labute approximate surface area is 126 Å². The smallest absolute Gasteiger partial charge is 0.143 e. The molecule has 0 aliphatic rings. The summed E-state index contributed by atoms with van der Waals surface area (Å²) in [5.41, 5.74) is 2.81. The summed E-state index contributed by atoms with van der Waals surface area (Å²) in [5.74, 6) is 0. The van der Waals surface area contributed by atoms with Gasteiger partial charge in [-0.1, -0.05) is 23.7 Å². The zero-order valence-corrected chi connectivity index (χ0v) is 12.1. The van der Waals surface area contributed by atoms with Crippen LogP contribution in [0.1, 0.15) is 18.5 Å². The molecule has 106 valence electrons. The van der Waals surface area contributed by atoms with Gasteiger partial charge in [-0.3, -0.25) is 4.98 Å². The first kappa shape index (κ1) is 13.5. The van der Waals surface area contributed by atoms with Gasteiger partial charge >= 0.3 is 0 Å². The zero-order valence-electron chi connectivity index (χ0n) is 11.3. The molecule has 0 bridgehead atoms. The number of hydrogen-bond acceptors (Lipinski definition) is 5. The molecule has 7 heteroatoms. The Morgan fingerprint density at radius 2 is 2.19 bits per heavy atom. The average Bonchev–Trinajstić information content (AvgIpc) is 3.04. The van der Waals surface area contributed by atoms with Crippen LogP contribution in [0.3, 0.4) is 0 Å².